The Balaban J connectivity index is 2.45. The molecule has 1 aromatic rings. The Morgan fingerprint density at radius 1 is 1.25 bits per heavy atom. The first-order chi connectivity index (χ1) is 9.33. The molecule has 0 aliphatic rings. The lowest BCUT2D eigenvalue weighted by Crippen LogP contribution is -2.39. The van der Waals surface area contributed by atoms with Crippen molar-refractivity contribution in [1.29, 1.82) is 0 Å². The molecule has 0 saturated carbocycles. The number of aliphatic carboxylic acids is 1. The first-order valence-corrected chi connectivity index (χ1v) is 7.38. The summed E-state index contributed by atoms with van der Waals surface area (Å²) >= 11 is 0. The van der Waals surface area contributed by atoms with Crippen molar-refractivity contribution in [3.8, 4) is 0 Å². The van der Waals surface area contributed by atoms with E-state index in [1.54, 1.807) is 18.2 Å². The van der Waals surface area contributed by atoms with Crippen LogP contribution in [0.25, 0.3) is 0 Å². The number of amides is 1. The standard InChI is InChI=1S/C12H16N2O5S/c1-9(12(16)17)14-11(15)7-8-13-20(18,19)10-5-3-2-4-6-10/h2-6,9,13H,7-8H2,1H3,(H,14,15)(H,16,17). The fourth-order valence-corrected chi connectivity index (χ4v) is 2.41. The summed E-state index contributed by atoms with van der Waals surface area (Å²) < 4.78 is 25.9. The molecule has 20 heavy (non-hydrogen) atoms. The maximum Gasteiger partial charge on any atom is 0.325 e. The third-order valence-corrected chi connectivity index (χ3v) is 3.92. The molecule has 1 amide bonds. The van der Waals surface area contributed by atoms with E-state index in [4.69, 9.17) is 5.11 Å². The molecular formula is C12H16N2O5S. The maximum atomic E-state index is 11.8. The van der Waals surface area contributed by atoms with Gasteiger partial charge in [0.05, 0.1) is 4.90 Å². The number of hydrogen-bond donors (Lipinski definition) is 3. The van der Waals surface area contributed by atoms with Gasteiger partial charge in [-0.15, -0.1) is 0 Å². The number of nitrogens with one attached hydrogen (secondary N) is 2. The van der Waals surface area contributed by atoms with Crippen LogP contribution in [0.15, 0.2) is 35.2 Å². The van der Waals surface area contributed by atoms with Crippen LogP contribution in [0, 0.1) is 0 Å². The van der Waals surface area contributed by atoms with E-state index >= 15 is 0 Å². The fourth-order valence-electron chi connectivity index (χ4n) is 1.36. The molecule has 0 heterocycles. The first-order valence-electron chi connectivity index (χ1n) is 5.90. The second-order valence-corrected chi connectivity index (χ2v) is 5.86. The van der Waals surface area contributed by atoms with Gasteiger partial charge in [-0.05, 0) is 19.1 Å². The van der Waals surface area contributed by atoms with Gasteiger partial charge in [0.2, 0.25) is 15.9 Å². The Hall–Kier alpha value is -1.93. The van der Waals surface area contributed by atoms with Crippen LogP contribution < -0.4 is 10.0 Å². The van der Waals surface area contributed by atoms with Crippen molar-refractivity contribution in [2.75, 3.05) is 6.54 Å². The Kier molecular flexibility index (Phi) is 5.66. The van der Waals surface area contributed by atoms with Crippen molar-refractivity contribution in [3.63, 3.8) is 0 Å². The lowest BCUT2D eigenvalue weighted by Gasteiger charge is -2.10. The average molecular weight is 300 g/mol. The zero-order valence-electron chi connectivity index (χ0n) is 10.9. The van der Waals surface area contributed by atoms with E-state index in [9.17, 15) is 18.0 Å². The second kappa shape index (κ2) is 7.01. The molecule has 0 bridgehead atoms. The first kappa shape index (κ1) is 16.1. The molecule has 0 aliphatic heterocycles. The van der Waals surface area contributed by atoms with Gasteiger partial charge >= 0.3 is 5.97 Å². The van der Waals surface area contributed by atoms with Crippen LogP contribution in [0.3, 0.4) is 0 Å². The zero-order chi connectivity index (χ0) is 15.2. The molecule has 1 rings (SSSR count). The average Bonchev–Trinajstić information content (AvgIpc) is 2.39. The number of carboxylic acid groups (broad SMARTS) is 1. The van der Waals surface area contributed by atoms with Crippen molar-refractivity contribution >= 4 is 21.9 Å². The normalized spacial score (nSPS) is 12.7. The molecule has 3 N–H and O–H groups in total. The molecule has 0 aliphatic carbocycles. The minimum atomic E-state index is -3.65. The summed E-state index contributed by atoms with van der Waals surface area (Å²) in [5.74, 6) is -1.68. The molecule has 0 saturated heterocycles. The van der Waals surface area contributed by atoms with Gasteiger partial charge in [-0.3, -0.25) is 9.59 Å². The van der Waals surface area contributed by atoms with Gasteiger partial charge in [-0.2, -0.15) is 0 Å². The molecule has 0 radical (unpaired) electrons. The van der Waals surface area contributed by atoms with E-state index in [1.807, 2.05) is 0 Å². The quantitative estimate of drug-likeness (QED) is 0.653. The van der Waals surface area contributed by atoms with Crippen molar-refractivity contribution < 1.29 is 23.1 Å². The van der Waals surface area contributed by atoms with E-state index in [0.717, 1.165) is 0 Å². The van der Waals surface area contributed by atoms with Crippen molar-refractivity contribution in [3.05, 3.63) is 30.3 Å². The van der Waals surface area contributed by atoms with E-state index in [1.165, 1.54) is 19.1 Å². The highest BCUT2D eigenvalue weighted by atomic mass is 32.2. The largest absolute Gasteiger partial charge is 0.480 e. The number of hydrogen-bond acceptors (Lipinski definition) is 4. The summed E-state index contributed by atoms with van der Waals surface area (Å²) in [6.07, 6.45) is -0.135. The number of sulfonamides is 1. The van der Waals surface area contributed by atoms with Gasteiger partial charge in [0.1, 0.15) is 6.04 Å². The predicted octanol–water partition coefficient (Wildman–Crippen LogP) is -0.0557. The molecule has 1 unspecified atom stereocenters. The highest BCUT2D eigenvalue weighted by Crippen LogP contribution is 2.06. The van der Waals surface area contributed by atoms with Crippen LogP contribution in [0.1, 0.15) is 13.3 Å². The summed E-state index contributed by atoms with van der Waals surface area (Å²) in [6.45, 7) is 1.23. The van der Waals surface area contributed by atoms with Gasteiger partial charge in [-0.1, -0.05) is 18.2 Å². The summed E-state index contributed by atoms with van der Waals surface area (Å²) in [5.41, 5.74) is 0. The van der Waals surface area contributed by atoms with Gasteiger partial charge in [0.15, 0.2) is 0 Å². The fraction of sp³-hybridized carbons (Fsp3) is 0.333. The molecule has 8 heteroatoms. The van der Waals surface area contributed by atoms with Gasteiger partial charge < -0.3 is 10.4 Å². The lowest BCUT2D eigenvalue weighted by molar-refractivity contribution is -0.141. The summed E-state index contributed by atoms with van der Waals surface area (Å²) in [4.78, 5) is 22.0. The van der Waals surface area contributed by atoms with Crippen LogP contribution in [-0.2, 0) is 19.6 Å². The number of carbonyl (C=O) groups is 2. The smallest absolute Gasteiger partial charge is 0.325 e. The molecule has 0 aromatic heterocycles. The number of carboxylic acids is 1. The van der Waals surface area contributed by atoms with E-state index in [2.05, 4.69) is 10.0 Å². The monoisotopic (exact) mass is 300 g/mol. The van der Waals surface area contributed by atoms with E-state index < -0.39 is 27.9 Å². The predicted molar refractivity (Wildman–Crippen MR) is 71.5 cm³/mol. The third-order valence-electron chi connectivity index (χ3n) is 2.45. The van der Waals surface area contributed by atoms with Gasteiger partial charge in [0, 0.05) is 13.0 Å². The van der Waals surface area contributed by atoms with Crippen molar-refractivity contribution in [1.82, 2.24) is 10.0 Å². The third kappa shape index (κ3) is 4.98. The molecule has 7 nitrogen and oxygen atoms in total. The summed E-state index contributed by atoms with van der Waals surface area (Å²) in [7, 11) is -3.65. The Morgan fingerprint density at radius 3 is 2.40 bits per heavy atom. The van der Waals surface area contributed by atoms with Crippen molar-refractivity contribution in [2.45, 2.75) is 24.3 Å². The van der Waals surface area contributed by atoms with Crippen LogP contribution in [0.5, 0.6) is 0 Å². The number of carbonyl (C=O) groups excluding carboxylic acids is 1. The molecule has 1 aromatic carbocycles. The minimum absolute atomic E-state index is 0.102. The lowest BCUT2D eigenvalue weighted by atomic mass is 10.3. The molecule has 0 fully saturated rings. The van der Waals surface area contributed by atoms with E-state index in [-0.39, 0.29) is 17.9 Å². The maximum absolute atomic E-state index is 11.8. The molecular weight excluding hydrogens is 284 g/mol. The molecule has 1 atom stereocenters. The zero-order valence-corrected chi connectivity index (χ0v) is 11.7. The number of rotatable bonds is 7. The highest BCUT2D eigenvalue weighted by molar-refractivity contribution is 7.89. The van der Waals surface area contributed by atoms with Crippen LogP contribution in [-0.4, -0.2) is 38.0 Å². The Morgan fingerprint density at radius 2 is 1.85 bits per heavy atom. The van der Waals surface area contributed by atoms with Crippen LogP contribution in [0.2, 0.25) is 0 Å². The second-order valence-electron chi connectivity index (χ2n) is 4.09. The molecule has 110 valence electrons. The highest BCUT2D eigenvalue weighted by Gasteiger charge is 2.16. The molecule has 0 spiro atoms. The summed E-state index contributed by atoms with van der Waals surface area (Å²) in [5, 5.41) is 10.8. The number of benzene rings is 1. The van der Waals surface area contributed by atoms with Crippen molar-refractivity contribution in [2.24, 2.45) is 0 Å². The Bertz CT molecular complexity index is 571. The SMILES string of the molecule is CC(NC(=O)CCNS(=O)(=O)c1ccccc1)C(=O)O. The van der Waals surface area contributed by atoms with Gasteiger partial charge in [-0.25, -0.2) is 13.1 Å². The van der Waals surface area contributed by atoms with Gasteiger partial charge in [0.25, 0.3) is 0 Å². The minimum Gasteiger partial charge on any atom is -0.480 e. The van der Waals surface area contributed by atoms with Crippen LogP contribution in [0.4, 0.5) is 0 Å². The topological polar surface area (TPSA) is 113 Å². The van der Waals surface area contributed by atoms with E-state index in [0.29, 0.717) is 0 Å². The summed E-state index contributed by atoms with van der Waals surface area (Å²) in [6, 6.07) is 6.75. The Labute approximate surface area is 117 Å². The van der Waals surface area contributed by atoms with Crippen LogP contribution >= 0.6 is 0 Å².